The van der Waals surface area contributed by atoms with E-state index >= 15 is 0 Å². The van der Waals surface area contributed by atoms with Gasteiger partial charge in [-0.15, -0.1) is 0 Å². The van der Waals surface area contributed by atoms with Gasteiger partial charge in [-0.2, -0.15) is 0 Å². The van der Waals surface area contributed by atoms with Gasteiger partial charge in [0.25, 0.3) is 0 Å². The van der Waals surface area contributed by atoms with Crippen LogP contribution in [0.4, 0.5) is 0 Å². The SMILES string of the molecule is CC1(C)OB(c2ccc3c(=O)oc(=O)c4cc5c6ccccc6n(-c6ccccc6)c5cc4c3c2)OC1(C)C. The lowest BCUT2D eigenvalue weighted by molar-refractivity contribution is 0.00578. The normalized spacial score (nSPS) is 16.6. The Labute approximate surface area is 224 Å². The highest BCUT2D eigenvalue weighted by Crippen LogP contribution is 2.38. The van der Waals surface area contributed by atoms with Gasteiger partial charge in [-0.1, -0.05) is 48.5 Å². The molecule has 0 aliphatic carbocycles. The average molecular weight is 515 g/mol. The van der Waals surface area contributed by atoms with Gasteiger partial charge >= 0.3 is 18.4 Å². The van der Waals surface area contributed by atoms with Gasteiger partial charge in [-0.05, 0) is 80.3 Å². The van der Waals surface area contributed by atoms with E-state index in [1.165, 1.54) is 0 Å². The van der Waals surface area contributed by atoms with Crippen LogP contribution < -0.4 is 16.7 Å². The molecule has 192 valence electrons. The fourth-order valence-electron chi connectivity index (χ4n) is 5.54. The molecule has 0 spiro atoms. The van der Waals surface area contributed by atoms with E-state index in [2.05, 4.69) is 22.8 Å². The highest BCUT2D eigenvalue weighted by atomic mass is 16.7. The minimum Gasteiger partial charge on any atom is -0.399 e. The van der Waals surface area contributed by atoms with Crippen LogP contribution in [0, 0.1) is 0 Å². The summed E-state index contributed by atoms with van der Waals surface area (Å²) in [6, 6.07) is 27.4. The van der Waals surface area contributed by atoms with E-state index < -0.39 is 29.6 Å². The monoisotopic (exact) mass is 515 g/mol. The molecule has 6 aromatic rings. The topological polar surface area (TPSA) is 70.7 Å². The quantitative estimate of drug-likeness (QED) is 0.277. The molecule has 2 aromatic heterocycles. The van der Waals surface area contributed by atoms with Crippen molar-refractivity contribution < 1.29 is 13.7 Å². The van der Waals surface area contributed by atoms with Crippen molar-refractivity contribution in [3.8, 4) is 5.69 Å². The lowest BCUT2D eigenvalue weighted by Gasteiger charge is -2.32. The predicted octanol–water partition coefficient (Wildman–Crippen LogP) is 5.70. The summed E-state index contributed by atoms with van der Waals surface area (Å²) in [5.74, 6) is 0. The fourth-order valence-corrected chi connectivity index (χ4v) is 5.54. The van der Waals surface area contributed by atoms with Crippen LogP contribution in [0.3, 0.4) is 0 Å². The van der Waals surface area contributed by atoms with Gasteiger partial charge in [0, 0.05) is 16.5 Å². The van der Waals surface area contributed by atoms with Gasteiger partial charge < -0.3 is 18.3 Å². The Morgan fingerprint density at radius 2 is 1.23 bits per heavy atom. The molecule has 0 saturated carbocycles. The van der Waals surface area contributed by atoms with Gasteiger partial charge in [-0.3, -0.25) is 0 Å². The van der Waals surface area contributed by atoms with Crippen molar-refractivity contribution >= 4 is 55.9 Å². The number of fused-ring (bicyclic) bond motifs is 6. The summed E-state index contributed by atoms with van der Waals surface area (Å²) in [5.41, 5.74) is 1.35. The zero-order valence-corrected chi connectivity index (χ0v) is 22.1. The fraction of sp³-hybridized carbons (Fsp3) is 0.188. The van der Waals surface area contributed by atoms with Crippen molar-refractivity contribution in [1.29, 1.82) is 0 Å². The lowest BCUT2D eigenvalue weighted by atomic mass is 9.78. The van der Waals surface area contributed by atoms with Gasteiger partial charge in [0.1, 0.15) is 0 Å². The molecule has 0 unspecified atom stereocenters. The molecule has 3 heterocycles. The maximum Gasteiger partial charge on any atom is 0.494 e. The van der Waals surface area contributed by atoms with E-state index in [0.717, 1.165) is 33.0 Å². The number of nitrogens with zero attached hydrogens (tertiary/aromatic N) is 1. The summed E-state index contributed by atoms with van der Waals surface area (Å²) in [7, 11) is -0.613. The molecule has 0 atom stereocenters. The highest BCUT2D eigenvalue weighted by Gasteiger charge is 2.51. The molecule has 39 heavy (non-hydrogen) atoms. The van der Waals surface area contributed by atoms with E-state index in [0.29, 0.717) is 21.5 Å². The largest absolute Gasteiger partial charge is 0.494 e. The van der Waals surface area contributed by atoms with Crippen molar-refractivity contribution in [3.05, 3.63) is 106 Å². The molecule has 0 amide bonds. The number of aromatic nitrogens is 1. The third kappa shape index (κ3) is 3.50. The van der Waals surface area contributed by atoms with Gasteiger partial charge in [-0.25, -0.2) is 9.59 Å². The van der Waals surface area contributed by atoms with Crippen molar-refractivity contribution in [2.75, 3.05) is 0 Å². The second-order valence-corrected chi connectivity index (χ2v) is 11.2. The molecule has 0 N–H and O–H groups in total. The number of rotatable bonds is 2. The molecule has 0 radical (unpaired) electrons. The van der Waals surface area contributed by atoms with Crippen molar-refractivity contribution in [3.63, 3.8) is 0 Å². The summed E-state index contributed by atoms with van der Waals surface area (Å²) >= 11 is 0. The Balaban J connectivity index is 1.60. The van der Waals surface area contributed by atoms with E-state index in [4.69, 9.17) is 13.7 Å². The minimum atomic E-state index is -0.674. The molecule has 1 aliphatic heterocycles. The summed E-state index contributed by atoms with van der Waals surface area (Å²) in [6.45, 7) is 8.00. The van der Waals surface area contributed by atoms with Crippen LogP contribution in [0.2, 0.25) is 0 Å². The molecule has 1 aliphatic rings. The molecule has 4 aromatic carbocycles. The van der Waals surface area contributed by atoms with E-state index in [-0.39, 0.29) is 0 Å². The predicted molar refractivity (Wildman–Crippen MR) is 156 cm³/mol. The summed E-state index contributed by atoms with van der Waals surface area (Å²) in [5, 5.41) is 3.82. The third-order valence-electron chi connectivity index (χ3n) is 8.31. The zero-order valence-electron chi connectivity index (χ0n) is 22.1. The van der Waals surface area contributed by atoms with Crippen LogP contribution in [0.1, 0.15) is 27.7 Å². The second-order valence-electron chi connectivity index (χ2n) is 11.2. The standard InChI is InChI=1S/C32H26BNO5/c1-31(2)32(3,4)39-33(38-31)19-14-15-22-23(16-19)24-18-28-25(17-26(24)30(36)37-29(22)35)21-12-8-9-13-27(21)34(28)20-10-6-5-7-11-20/h5-18H,1-4H3. The second kappa shape index (κ2) is 8.15. The van der Waals surface area contributed by atoms with E-state index in [9.17, 15) is 9.59 Å². The Morgan fingerprint density at radius 1 is 0.590 bits per heavy atom. The molecule has 6 nitrogen and oxygen atoms in total. The summed E-state index contributed by atoms with van der Waals surface area (Å²) < 4.78 is 20.1. The van der Waals surface area contributed by atoms with Gasteiger partial charge in [0.2, 0.25) is 0 Å². The number of benzene rings is 4. The molecule has 7 heteroatoms. The van der Waals surface area contributed by atoms with Crippen LogP contribution in [0.5, 0.6) is 0 Å². The van der Waals surface area contributed by atoms with Crippen LogP contribution in [0.15, 0.2) is 98.9 Å². The molecular weight excluding hydrogens is 489 g/mol. The van der Waals surface area contributed by atoms with E-state index in [1.807, 2.05) is 82.3 Å². The first-order valence-corrected chi connectivity index (χ1v) is 13.0. The Morgan fingerprint density at radius 3 is 1.97 bits per heavy atom. The van der Waals surface area contributed by atoms with Gasteiger partial charge in [0.15, 0.2) is 0 Å². The first kappa shape index (κ1) is 23.9. The average Bonchev–Trinajstić information content (AvgIpc) is 3.32. The molecule has 1 saturated heterocycles. The Bertz CT molecular complexity index is 2060. The third-order valence-corrected chi connectivity index (χ3v) is 8.31. The Kier molecular flexibility index (Phi) is 4.99. The highest BCUT2D eigenvalue weighted by molar-refractivity contribution is 6.62. The maximum absolute atomic E-state index is 13.3. The molecule has 0 bridgehead atoms. The van der Waals surface area contributed by atoms with Gasteiger partial charge in [0.05, 0.1) is 33.0 Å². The minimum absolute atomic E-state index is 0.323. The van der Waals surface area contributed by atoms with Crippen molar-refractivity contribution in [1.82, 2.24) is 4.57 Å². The first-order valence-electron chi connectivity index (χ1n) is 13.0. The lowest BCUT2D eigenvalue weighted by Crippen LogP contribution is -2.41. The number of para-hydroxylation sites is 2. The smallest absolute Gasteiger partial charge is 0.399 e. The molecular formula is C32H26BNO5. The van der Waals surface area contributed by atoms with Crippen molar-refractivity contribution in [2.45, 2.75) is 38.9 Å². The van der Waals surface area contributed by atoms with E-state index in [1.54, 1.807) is 12.1 Å². The van der Waals surface area contributed by atoms with Crippen LogP contribution in [0.25, 0.3) is 49.0 Å². The van der Waals surface area contributed by atoms with Crippen LogP contribution in [-0.2, 0) is 9.31 Å². The number of hydrogen-bond acceptors (Lipinski definition) is 5. The van der Waals surface area contributed by atoms with Crippen LogP contribution >= 0.6 is 0 Å². The molecule has 1 fully saturated rings. The maximum atomic E-state index is 13.3. The first-order chi connectivity index (χ1) is 18.6. The van der Waals surface area contributed by atoms with Crippen LogP contribution in [-0.4, -0.2) is 22.9 Å². The summed E-state index contributed by atoms with van der Waals surface area (Å²) in [4.78, 5) is 26.3. The number of hydrogen-bond donors (Lipinski definition) is 0. The Hall–Kier alpha value is -4.20. The summed E-state index contributed by atoms with van der Waals surface area (Å²) in [6.07, 6.45) is 0. The zero-order chi connectivity index (χ0) is 27.1. The molecule has 7 rings (SSSR count). The van der Waals surface area contributed by atoms with Crippen molar-refractivity contribution in [2.24, 2.45) is 0 Å².